The van der Waals surface area contributed by atoms with Gasteiger partial charge in [0.25, 0.3) is 0 Å². The van der Waals surface area contributed by atoms with Gasteiger partial charge >= 0.3 is 13.6 Å². The van der Waals surface area contributed by atoms with Crippen LogP contribution in [0.3, 0.4) is 0 Å². The predicted octanol–water partition coefficient (Wildman–Crippen LogP) is 1.75. The molecule has 0 aliphatic heterocycles. The third-order valence-corrected chi connectivity index (χ3v) is 3.69. The fourth-order valence-corrected chi connectivity index (χ4v) is 2.59. The first kappa shape index (κ1) is 16.1. The smallest absolute Gasteiger partial charge is 0.362 e. The van der Waals surface area contributed by atoms with Crippen LogP contribution in [0.2, 0.25) is 0 Å². The van der Waals surface area contributed by atoms with Crippen LogP contribution in [0.4, 0.5) is 5.13 Å². The Hall–Kier alpha value is -0.950. The molecule has 0 saturated carbocycles. The molecule has 0 unspecified atom stereocenters. The first-order valence-corrected chi connectivity index (χ1v) is 8.41. The summed E-state index contributed by atoms with van der Waals surface area (Å²) in [6, 6.07) is 0. The molecule has 108 valence electrons. The lowest BCUT2D eigenvalue weighted by molar-refractivity contribution is 0.0543. The summed E-state index contributed by atoms with van der Waals surface area (Å²) < 4.78 is 15.2. The quantitative estimate of drug-likeness (QED) is 0.398. The molecule has 1 rings (SSSR count). The van der Waals surface area contributed by atoms with E-state index in [4.69, 9.17) is 15.5 Å². The molecule has 0 bridgehead atoms. The summed E-state index contributed by atoms with van der Waals surface area (Å²) in [6.07, 6.45) is 2.68. The molecule has 7 nitrogen and oxygen atoms in total. The largest absolute Gasteiger partial charge is 0.448 e. The third kappa shape index (κ3) is 5.69. The molecule has 9 heteroatoms. The van der Waals surface area contributed by atoms with Crippen LogP contribution in [-0.4, -0.2) is 27.1 Å². The van der Waals surface area contributed by atoms with Crippen LogP contribution < -0.4 is 5.73 Å². The number of nitrogens with two attached hydrogens (primary N) is 1. The average molecular weight is 308 g/mol. The zero-order chi connectivity index (χ0) is 14.5. The van der Waals surface area contributed by atoms with Gasteiger partial charge in [0, 0.05) is 4.88 Å². The van der Waals surface area contributed by atoms with Crippen molar-refractivity contribution in [3.8, 4) is 0 Å². The zero-order valence-electron chi connectivity index (χ0n) is 10.5. The minimum Gasteiger partial charge on any atom is -0.448 e. The molecule has 4 N–H and O–H groups in total. The van der Waals surface area contributed by atoms with Gasteiger partial charge in [0.05, 0.1) is 0 Å². The van der Waals surface area contributed by atoms with Crippen LogP contribution in [0.1, 0.15) is 41.6 Å². The van der Waals surface area contributed by atoms with E-state index in [1.165, 1.54) is 11.3 Å². The number of hydrogen-bond donors (Lipinski definition) is 3. The number of rotatable bonds is 7. The molecule has 1 heterocycles. The first-order chi connectivity index (χ1) is 8.83. The van der Waals surface area contributed by atoms with E-state index < -0.39 is 19.9 Å². The van der Waals surface area contributed by atoms with Gasteiger partial charge in [-0.15, -0.1) is 11.3 Å². The van der Waals surface area contributed by atoms with Gasteiger partial charge in [0.1, 0.15) is 0 Å². The number of esters is 1. The maximum absolute atomic E-state index is 11.7. The fraction of sp³-hybridized carbons (Fsp3) is 0.600. The minimum atomic E-state index is -4.37. The van der Waals surface area contributed by atoms with Crippen molar-refractivity contribution in [2.24, 2.45) is 0 Å². The van der Waals surface area contributed by atoms with Gasteiger partial charge < -0.3 is 20.3 Å². The highest BCUT2D eigenvalue weighted by Crippen LogP contribution is 2.34. The second-order valence-electron chi connectivity index (χ2n) is 4.01. The summed E-state index contributed by atoms with van der Waals surface area (Å²) in [6.45, 7) is 2.07. The molecule has 0 radical (unpaired) electrons. The number of aromatic nitrogens is 1. The van der Waals surface area contributed by atoms with E-state index in [1.807, 2.05) is 0 Å². The maximum atomic E-state index is 11.7. The molecule has 0 amide bonds. The van der Waals surface area contributed by atoms with E-state index >= 15 is 0 Å². The van der Waals surface area contributed by atoms with E-state index in [9.17, 15) is 9.36 Å². The van der Waals surface area contributed by atoms with Gasteiger partial charge in [0.2, 0.25) is 0 Å². The van der Waals surface area contributed by atoms with Crippen LogP contribution in [0.15, 0.2) is 0 Å². The number of thiazole rings is 1. The van der Waals surface area contributed by atoms with Crippen molar-refractivity contribution >= 4 is 30.0 Å². The van der Waals surface area contributed by atoms with Crippen LogP contribution in [-0.2, 0) is 15.7 Å². The molecule has 1 aromatic rings. The molecule has 0 aromatic carbocycles. The van der Waals surface area contributed by atoms with Crippen LogP contribution in [0.5, 0.6) is 0 Å². The summed E-state index contributed by atoms with van der Waals surface area (Å²) in [7, 11) is -4.37. The third-order valence-electron chi connectivity index (χ3n) is 2.28. The van der Waals surface area contributed by atoms with Gasteiger partial charge in [-0.05, 0) is 12.8 Å². The first-order valence-electron chi connectivity index (χ1n) is 5.80. The molecule has 0 aliphatic rings. The zero-order valence-corrected chi connectivity index (χ0v) is 12.2. The van der Waals surface area contributed by atoms with Gasteiger partial charge in [-0.1, -0.05) is 19.8 Å². The molecule has 0 atom stereocenters. The average Bonchev–Trinajstić information content (AvgIpc) is 2.67. The molecule has 0 fully saturated rings. The van der Waals surface area contributed by atoms with Gasteiger partial charge in [0.15, 0.2) is 17.2 Å². The number of nitrogens with zero attached hydrogens (tertiary/aromatic N) is 1. The topological polar surface area (TPSA) is 123 Å². The number of carbonyl (C=O) groups is 1. The number of carbonyl (C=O) groups excluding carboxylic acids is 1. The molecule has 0 spiro atoms. The van der Waals surface area contributed by atoms with Crippen molar-refractivity contribution in [3.05, 3.63) is 10.6 Å². The summed E-state index contributed by atoms with van der Waals surface area (Å²) >= 11 is 1.20. The van der Waals surface area contributed by atoms with E-state index in [0.29, 0.717) is 11.3 Å². The minimum absolute atomic E-state index is 0.0621. The lowest BCUT2D eigenvalue weighted by atomic mass is 10.1. The Bertz CT molecular complexity index is 484. The maximum Gasteiger partial charge on any atom is 0.362 e. The number of anilines is 1. The van der Waals surface area contributed by atoms with Crippen LogP contribution >= 0.6 is 18.9 Å². The van der Waals surface area contributed by atoms with E-state index in [2.05, 4.69) is 16.6 Å². The second-order valence-corrected chi connectivity index (χ2v) is 6.71. The number of unbranched alkanes of at least 4 members (excludes halogenated alkanes) is 2. The summed E-state index contributed by atoms with van der Waals surface area (Å²) in [4.78, 5) is 33.5. The summed E-state index contributed by atoms with van der Waals surface area (Å²) in [5.41, 5.74) is 5.61. The van der Waals surface area contributed by atoms with Crippen molar-refractivity contribution in [1.29, 1.82) is 0 Å². The molecule has 0 saturated heterocycles. The van der Waals surface area contributed by atoms with Gasteiger partial charge in [-0.3, -0.25) is 4.57 Å². The number of aryl methyl sites for hydroxylation is 1. The molecular weight excluding hydrogens is 291 g/mol. The highest BCUT2D eigenvalue weighted by atomic mass is 32.1. The number of nitrogen functional groups attached to an aromatic ring is 1. The Labute approximate surface area is 115 Å². The summed E-state index contributed by atoms with van der Waals surface area (Å²) in [5, 5.41) is 0.245. The number of ether oxygens (including phenoxy) is 1. The molecule has 19 heavy (non-hydrogen) atoms. The summed E-state index contributed by atoms with van der Waals surface area (Å²) in [5.74, 6) is -0.845. The van der Waals surface area contributed by atoms with Crippen molar-refractivity contribution in [3.63, 3.8) is 0 Å². The van der Waals surface area contributed by atoms with Crippen molar-refractivity contribution in [2.75, 3.05) is 12.1 Å². The monoisotopic (exact) mass is 308 g/mol. The normalized spacial score (nSPS) is 11.5. The Kier molecular flexibility index (Phi) is 5.93. The number of hydrogen-bond acceptors (Lipinski definition) is 6. The van der Waals surface area contributed by atoms with E-state index in [0.717, 1.165) is 19.3 Å². The van der Waals surface area contributed by atoms with E-state index in [-0.39, 0.29) is 10.8 Å². The molecular formula is C10H17N2O5PS. The Morgan fingerprint density at radius 1 is 1.47 bits per heavy atom. The van der Waals surface area contributed by atoms with Crippen molar-refractivity contribution < 1.29 is 23.9 Å². The fourth-order valence-electron chi connectivity index (χ4n) is 1.45. The van der Waals surface area contributed by atoms with E-state index in [1.54, 1.807) is 0 Å². The highest BCUT2D eigenvalue weighted by molar-refractivity contribution is 7.51. The second kappa shape index (κ2) is 7.00. The van der Waals surface area contributed by atoms with Gasteiger partial charge in [-0.2, -0.15) is 0 Å². The van der Waals surface area contributed by atoms with Crippen LogP contribution in [0, 0.1) is 0 Å². The lowest BCUT2D eigenvalue weighted by Gasteiger charge is -2.05. The molecule has 0 aliphatic carbocycles. The van der Waals surface area contributed by atoms with Crippen molar-refractivity contribution in [2.45, 2.75) is 32.6 Å². The predicted molar refractivity (Wildman–Crippen MR) is 72.1 cm³/mol. The Morgan fingerprint density at radius 2 is 2.16 bits per heavy atom. The molecule has 1 aromatic heterocycles. The SMILES string of the molecule is CCCCCc1sc(N)nc1C(=O)OCP(=O)(O)O. The Morgan fingerprint density at radius 3 is 2.74 bits per heavy atom. The Balaban J connectivity index is 2.70. The van der Waals surface area contributed by atoms with Crippen LogP contribution in [0.25, 0.3) is 0 Å². The lowest BCUT2D eigenvalue weighted by Crippen LogP contribution is -2.09. The standard InChI is InChI=1S/C10H17N2O5PS/c1-2-3-4-5-7-8(12-10(11)19-7)9(13)17-6-18(14,15)16/h2-6H2,1H3,(H2,11,12)(H2,14,15,16). The highest BCUT2D eigenvalue weighted by Gasteiger charge is 2.22. The van der Waals surface area contributed by atoms with Crippen molar-refractivity contribution in [1.82, 2.24) is 4.98 Å². The van der Waals surface area contributed by atoms with Gasteiger partial charge in [-0.25, -0.2) is 9.78 Å².